The number of rotatable bonds is 3. The third-order valence-electron chi connectivity index (χ3n) is 2.61. The molecule has 1 aromatic heterocycles. The molecule has 3 nitrogen and oxygen atoms in total. The summed E-state index contributed by atoms with van der Waals surface area (Å²) in [6.45, 7) is 1.93. The molecule has 0 aliphatic heterocycles. The van der Waals surface area contributed by atoms with Crippen molar-refractivity contribution in [1.29, 1.82) is 0 Å². The van der Waals surface area contributed by atoms with Crippen LogP contribution in [-0.2, 0) is 13.5 Å². The standard InChI is InChI=1S/C13H13IN2O/c1-9-7-12(16(2)15-9)8-13(17)10-3-5-11(14)6-4-10/h3-7H,8H2,1-2H3. The quantitative estimate of drug-likeness (QED) is 0.636. The summed E-state index contributed by atoms with van der Waals surface area (Å²) in [6, 6.07) is 9.58. The van der Waals surface area contributed by atoms with Crippen molar-refractivity contribution in [1.82, 2.24) is 9.78 Å². The van der Waals surface area contributed by atoms with Crippen molar-refractivity contribution in [2.75, 3.05) is 0 Å². The fourth-order valence-corrected chi connectivity index (χ4v) is 2.09. The predicted octanol–water partition coefficient (Wildman–Crippen LogP) is 2.76. The van der Waals surface area contributed by atoms with Crippen molar-refractivity contribution < 1.29 is 4.79 Å². The number of Topliss-reactive ketones (excluding diaryl/α,β-unsaturated/α-hetero) is 1. The van der Waals surface area contributed by atoms with Gasteiger partial charge in [0.2, 0.25) is 0 Å². The van der Waals surface area contributed by atoms with Crippen molar-refractivity contribution in [2.24, 2.45) is 7.05 Å². The van der Waals surface area contributed by atoms with E-state index in [0.717, 1.165) is 20.5 Å². The predicted molar refractivity (Wildman–Crippen MR) is 75.1 cm³/mol. The van der Waals surface area contributed by atoms with E-state index in [1.165, 1.54) is 0 Å². The molecule has 0 radical (unpaired) electrons. The Morgan fingerprint density at radius 1 is 1.35 bits per heavy atom. The van der Waals surface area contributed by atoms with Gasteiger partial charge in [-0.1, -0.05) is 12.1 Å². The van der Waals surface area contributed by atoms with Crippen molar-refractivity contribution in [3.8, 4) is 0 Å². The van der Waals surface area contributed by atoms with Gasteiger partial charge in [0.05, 0.1) is 12.1 Å². The number of carbonyl (C=O) groups is 1. The lowest BCUT2D eigenvalue weighted by molar-refractivity contribution is 0.0990. The first-order valence-corrected chi connectivity index (χ1v) is 6.42. The summed E-state index contributed by atoms with van der Waals surface area (Å²) in [5, 5.41) is 4.24. The van der Waals surface area contributed by atoms with Gasteiger partial charge in [-0.25, -0.2) is 0 Å². The normalized spacial score (nSPS) is 10.5. The zero-order valence-electron chi connectivity index (χ0n) is 9.77. The number of halogens is 1. The van der Waals surface area contributed by atoms with E-state index in [4.69, 9.17) is 0 Å². The van der Waals surface area contributed by atoms with Crippen molar-refractivity contribution in [3.05, 3.63) is 50.9 Å². The van der Waals surface area contributed by atoms with Gasteiger partial charge in [-0.05, 0) is 47.7 Å². The zero-order chi connectivity index (χ0) is 12.4. The molecule has 0 atom stereocenters. The monoisotopic (exact) mass is 340 g/mol. The molecular formula is C13H13IN2O. The third kappa shape index (κ3) is 2.94. The first-order chi connectivity index (χ1) is 8.06. The number of ketones is 1. The summed E-state index contributed by atoms with van der Waals surface area (Å²) in [5.41, 5.74) is 2.65. The van der Waals surface area contributed by atoms with Crippen LogP contribution < -0.4 is 0 Å². The van der Waals surface area contributed by atoms with Crippen LogP contribution in [0.1, 0.15) is 21.7 Å². The number of hydrogen-bond acceptors (Lipinski definition) is 2. The Labute approximate surface area is 114 Å². The molecule has 0 fully saturated rings. The zero-order valence-corrected chi connectivity index (χ0v) is 11.9. The van der Waals surface area contributed by atoms with Gasteiger partial charge in [0.15, 0.2) is 5.78 Å². The molecule has 2 aromatic rings. The maximum atomic E-state index is 12.0. The van der Waals surface area contributed by atoms with Gasteiger partial charge in [0.25, 0.3) is 0 Å². The topological polar surface area (TPSA) is 34.9 Å². The van der Waals surface area contributed by atoms with Crippen LogP contribution in [0.4, 0.5) is 0 Å². The lowest BCUT2D eigenvalue weighted by Crippen LogP contribution is -2.07. The first kappa shape index (κ1) is 12.3. The number of aryl methyl sites for hydroxylation is 2. The van der Waals surface area contributed by atoms with E-state index in [9.17, 15) is 4.79 Å². The Hall–Kier alpha value is -1.17. The molecule has 0 amide bonds. The van der Waals surface area contributed by atoms with Gasteiger partial charge < -0.3 is 0 Å². The Balaban J connectivity index is 2.17. The molecule has 1 aromatic carbocycles. The first-order valence-electron chi connectivity index (χ1n) is 5.34. The maximum Gasteiger partial charge on any atom is 0.168 e. The molecule has 88 valence electrons. The molecule has 2 rings (SSSR count). The highest BCUT2D eigenvalue weighted by molar-refractivity contribution is 14.1. The number of hydrogen-bond donors (Lipinski definition) is 0. The van der Waals surface area contributed by atoms with Crippen LogP contribution >= 0.6 is 22.6 Å². The van der Waals surface area contributed by atoms with Gasteiger partial charge in [-0.3, -0.25) is 9.48 Å². The van der Waals surface area contributed by atoms with Crippen LogP contribution in [0.3, 0.4) is 0 Å². The van der Waals surface area contributed by atoms with E-state index in [1.54, 1.807) is 4.68 Å². The van der Waals surface area contributed by atoms with Gasteiger partial charge in [0, 0.05) is 21.9 Å². The van der Waals surface area contributed by atoms with Gasteiger partial charge in [-0.15, -0.1) is 0 Å². The molecule has 0 saturated heterocycles. The fourth-order valence-electron chi connectivity index (χ4n) is 1.73. The molecule has 17 heavy (non-hydrogen) atoms. The average molecular weight is 340 g/mol. The van der Waals surface area contributed by atoms with Crippen LogP contribution in [-0.4, -0.2) is 15.6 Å². The average Bonchev–Trinajstić information content (AvgIpc) is 2.58. The Kier molecular flexibility index (Phi) is 3.61. The molecule has 0 N–H and O–H groups in total. The molecule has 4 heteroatoms. The molecule has 0 bridgehead atoms. The summed E-state index contributed by atoms with van der Waals surface area (Å²) >= 11 is 2.23. The van der Waals surface area contributed by atoms with Crippen LogP contribution in [0.15, 0.2) is 30.3 Å². The molecule has 0 saturated carbocycles. The van der Waals surface area contributed by atoms with Gasteiger partial charge >= 0.3 is 0 Å². The number of benzene rings is 1. The lowest BCUT2D eigenvalue weighted by atomic mass is 10.1. The van der Waals surface area contributed by atoms with E-state index in [0.29, 0.717) is 6.42 Å². The van der Waals surface area contributed by atoms with Crippen LogP contribution in [0.2, 0.25) is 0 Å². The van der Waals surface area contributed by atoms with Gasteiger partial charge in [0.1, 0.15) is 0 Å². The SMILES string of the molecule is Cc1cc(CC(=O)c2ccc(I)cc2)n(C)n1. The summed E-state index contributed by atoms with van der Waals surface area (Å²) in [7, 11) is 1.86. The minimum atomic E-state index is 0.129. The van der Waals surface area contributed by atoms with E-state index in [2.05, 4.69) is 27.7 Å². The maximum absolute atomic E-state index is 12.0. The van der Waals surface area contributed by atoms with Crippen LogP contribution in [0, 0.1) is 10.5 Å². The molecule has 1 heterocycles. The second-order valence-electron chi connectivity index (χ2n) is 4.01. The highest BCUT2D eigenvalue weighted by Crippen LogP contribution is 2.11. The van der Waals surface area contributed by atoms with Gasteiger partial charge in [-0.2, -0.15) is 5.10 Å². The molecule has 0 aliphatic rings. The van der Waals surface area contributed by atoms with Crippen molar-refractivity contribution in [2.45, 2.75) is 13.3 Å². The Morgan fingerprint density at radius 2 is 2.00 bits per heavy atom. The number of nitrogens with zero attached hydrogens (tertiary/aromatic N) is 2. The van der Waals surface area contributed by atoms with E-state index < -0.39 is 0 Å². The molecule has 0 spiro atoms. The summed E-state index contributed by atoms with van der Waals surface area (Å²) in [4.78, 5) is 12.0. The molecular weight excluding hydrogens is 327 g/mol. The third-order valence-corrected chi connectivity index (χ3v) is 3.33. The summed E-state index contributed by atoms with van der Waals surface area (Å²) < 4.78 is 2.90. The smallest absolute Gasteiger partial charge is 0.168 e. The number of aromatic nitrogens is 2. The van der Waals surface area contributed by atoms with Crippen LogP contribution in [0.5, 0.6) is 0 Å². The summed E-state index contributed by atoms with van der Waals surface area (Å²) in [5.74, 6) is 0.129. The Bertz CT molecular complexity index is 543. The fraction of sp³-hybridized carbons (Fsp3) is 0.231. The second kappa shape index (κ2) is 5.00. The van der Waals surface area contributed by atoms with Crippen LogP contribution in [0.25, 0.3) is 0 Å². The molecule has 0 aliphatic carbocycles. The van der Waals surface area contributed by atoms with E-state index in [1.807, 2.05) is 44.3 Å². The highest BCUT2D eigenvalue weighted by atomic mass is 127. The second-order valence-corrected chi connectivity index (χ2v) is 5.25. The lowest BCUT2D eigenvalue weighted by Gasteiger charge is -2.02. The molecule has 0 unspecified atom stereocenters. The van der Waals surface area contributed by atoms with Crippen molar-refractivity contribution >= 4 is 28.4 Å². The van der Waals surface area contributed by atoms with Crippen molar-refractivity contribution in [3.63, 3.8) is 0 Å². The van der Waals surface area contributed by atoms with E-state index >= 15 is 0 Å². The minimum Gasteiger partial charge on any atom is -0.294 e. The van der Waals surface area contributed by atoms with E-state index in [-0.39, 0.29) is 5.78 Å². The largest absolute Gasteiger partial charge is 0.294 e. The summed E-state index contributed by atoms with van der Waals surface area (Å²) in [6.07, 6.45) is 0.401. The highest BCUT2D eigenvalue weighted by Gasteiger charge is 2.10. The number of carbonyl (C=O) groups excluding carboxylic acids is 1. The minimum absolute atomic E-state index is 0.129. The Morgan fingerprint density at radius 3 is 2.53 bits per heavy atom.